The van der Waals surface area contributed by atoms with Crippen LogP contribution in [0.25, 0.3) is 11.4 Å². The van der Waals surface area contributed by atoms with Crippen molar-refractivity contribution >= 4 is 52.1 Å². The second-order valence-corrected chi connectivity index (χ2v) is 36.4. The fourth-order valence-electron chi connectivity index (χ4n) is 8.37. The van der Waals surface area contributed by atoms with E-state index in [2.05, 4.69) is 95.6 Å². The van der Waals surface area contributed by atoms with Crippen molar-refractivity contribution < 1.29 is 33.3 Å². The second-order valence-electron chi connectivity index (χ2n) is 22.9. The van der Waals surface area contributed by atoms with Gasteiger partial charge in [0.05, 0.1) is 41.1 Å². The first-order chi connectivity index (χ1) is 40.1. The van der Waals surface area contributed by atoms with Crippen LogP contribution in [0.3, 0.4) is 0 Å². The minimum atomic E-state index is -2.21. The van der Waals surface area contributed by atoms with Crippen molar-refractivity contribution in [1.82, 2.24) is 55.7 Å². The Hall–Kier alpha value is -6.19. The Morgan fingerprint density at radius 2 is 1.01 bits per heavy atom. The van der Waals surface area contributed by atoms with E-state index >= 15 is 0 Å². The summed E-state index contributed by atoms with van der Waals surface area (Å²) in [6.07, 6.45) is 19.7. The zero-order chi connectivity index (χ0) is 61.7. The third kappa shape index (κ3) is 31.6. The predicted octanol–water partition coefficient (Wildman–Crippen LogP) is 13.6. The zero-order valence-electron chi connectivity index (χ0n) is 51.9. The molecule has 2 saturated heterocycles. The van der Waals surface area contributed by atoms with Crippen LogP contribution in [0.4, 0.5) is 14.4 Å². The first kappa shape index (κ1) is 72.1. The fourth-order valence-corrected chi connectivity index (χ4v) is 23.9. The molecule has 8 heterocycles. The average molecular weight is 1280 g/mol. The van der Waals surface area contributed by atoms with Gasteiger partial charge in [-0.05, 0) is 111 Å². The Bertz CT molecular complexity index is 2590. The molecule has 2 fully saturated rings. The molecule has 458 valence electrons. The monoisotopic (exact) mass is 1280 g/mol. The van der Waals surface area contributed by atoms with E-state index < -0.39 is 47.5 Å². The van der Waals surface area contributed by atoms with Crippen LogP contribution in [-0.2, 0) is 18.9 Å². The topological polar surface area (TPSA) is 218 Å². The number of carbonyl (C=O) groups excluding carboxylic acids is 3. The van der Waals surface area contributed by atoms with Crippen LogP contribution in [-0.4, -0.2) is 133 Å². The summed E-state index contributed by atoms with van der Waals surface area (Å²) in [6, 6.07) is 30.5. The van der Waals surface area contributed by atoms with Crippen molar-refractivity contribution in [3.05, 3.63) is 157 Å². The van der Waals surface area contributed by atoms with Crippen molar-refractivity contribution in [3.63, 3.8) is 0 Å². The number of pyridine rings is 5. The van der Waals surface area contributed by atoms with E-state index in [4.69, 9.17) is 30.8 Å². The minimum absolute atomic E-state index is 0.0717. The van der Waals surface area contributed by atoms with Gasteiger partial charge in [0.1, 0.15) is 22.0 Å². The maximum Gasteiger partial charge on any atom is 0.147 e. The van der Waals surface area contributed by atoms with Crippen molar-refractivity contribution in [2.45, 2.75) is 164 Å². The number of carbonyl (C=O) groups is 3. The van der Waals surface area contributed by atoms with E-state index in [9.17, 15) is 14.4 Å². The normalized spacial score (nSPS) is 14.8. The van der Waals surface area contributed by atoms with Crippen LogP contribution >= 0.6 is 11.6 Å². The molecule has 2 aliphatic heterocycles. The molecular weight excluding hydrogens is 1190 g/mol. The zero-order valence-corrected chi connectivity index (χ0v) is 55.5. The van der Waals surface area contributed by atoms with Gasteiger partial charge in [-0.1, -0.05) is 35.9 Å². The van der Waals surface area contributed by atoms with E-state index in [1.807, 2.05) is 99.9 Å². The Balaban J connectivity index is 0.000000270. The number of piperazine rings is 2. The van der Waals surface area contributed by atoms with E-state index in [0.717, 1.165) is 49.0 Å². The number of ether oxygens (including phenoxy) is 4. The molecule has 0 aliphatic carbocycles. The van der Waals surface area contributed by atoms with Crippen LogP contribution < -0.4 is 19.7 Å². The molecular formula is C64H94ClN11O7Sn. The number of rotatable bonds is 13. The molecule has 0 aromatic carbocycles. The maximum atomic E-state index is 12.0. The molecule has 1 amide bonds. The summed E-state index contributed by atoms with van der Waals surface area (Å²) in [5.41, 5.74) is 2.07. The smallest absolute Gasteiger partial charge is 0.147 e. The van der Waals surface area contributed by atoms with Gasteiger partial charge in [0.2, 0.25) is 0 Å². The number of hydrogen-bond donors (Lipinski definition) is 3. The maximum absolute atomic E-state index is 12.0. The molecule has 0 radical (unpaired) electrons. The number of aromatic nitrogens is 7. The van der Waals surface area contributed by atoms with Crippen LogP contribution in [0.2, 0.25) is 18.5 Å². The Labute approximate surface area is 509 Å². The predicted molar refractivity (Wildman–Crippen MR) is 337 cm³/mol. The van der Waals surface area contributed by atoms with Crippen LogP contribution in [0.15, 0.2) is 141 Å². The largest absolute Gasteiger partial charge is 0.314 e. The van der Waals surface area contributed by atoms with Crippen molar-refractivity contribution in [2.24, 2.45) is 0 Å². The summed E-state index contributed by atoms with van der Waals surface area (Å²) in [4.78, 5) is 65.0. The van der Waals surface area contributed by atoms with E-state index in [-0.39, 0.29) is 12.1 Å². The third-order valence-electron chi connectivity index (χ3n) is 12.3. The number of nitrogens with one attached hydrogen (secondary N) is 3. The molecule has 6 aromatic heterocycles. The van der Waals surface area contributed by atoms with Crippen LogP contribution in [0, 0.1) is 0 Å². The van der Waals surface area contributed by atoms with Gasteiger partial charge in [0.15, 0.2) is 0 Å². The fraction of sp³-hybridized carbons (Fsp3) is 0.500. The minimum Gasteiger partial charge on any atom is -0.314 e. The molecule has 2 atom stereocenters. The molecule has 2 aliphatic rings. The second kappa shape index (κ2) is 39.4. The van der Waals surface area contributed by atoms with Gasteiger partial charge in [0.25, 0.3) is 0 Å². The van der Waals surface area contributed by atoms with Crippen LogP contribution in [0.5, 0.6) is 0 Å². The standard InChI is InChI=1S/C14H21N3O2.C10H8N2.C10H18O5.C9H13N3.C5H4N.C4H3ClN2.3C4H9.Sn/c1-14(2,3)19-13(18)17-9-8-16-12(10-17)11-6-4-5-7-15-11;1-3-7-11-9(5-1)10-6-2-4-8-12-10;1-9(2,3)14-7(11)13-8(12)15-10(4,5)6;1-2-4-11-8(3-1)9-7-10-5-6-12-9;1-2-4-6-5-3-1;5-4-3-6-1-2-7-4;3*1-3-4-2;/h4-7,12,16H,8-10H2,1-3H3;1-8H;1-6H3;1-4,9-10,12H,5-7H2;1-4H;1-3H;3*1,3-4H2,2H3;. The average Bonchev–Trinajstić information content (AvgIpc) is 3.54. The first-order valence-corrected chi connectivity index (χ1v) is 37.2. The summed E-state index contributed by atoms with van der Waals surface area (Å²) >= 11 is 3.16. The number of nitrogens with zero attached hydrogens (tertiary/aromatic N) is 8. The quantitative estimate of drug-likeness (QED) is 0.0424. The summed E-state index contributed by atoms with van der Waals surface area (Å²) in [5.74, 6) is 0. The number of amides is 1. The molecule has 0 saturated carbocycles. The molecule has 3 N–H and O–H groups in total. The van der Waals surface area contributed by atoms with E-state index in [1.165, 1.54) is 58.0 Å². The van der Waals surface area contributed by atoms with Gasteiger partial charge < -0.3 is 39.8 Å². The Morgan fingerprint density at radius 3 is 1.38 bits per heavy atom. The molecule has 18 nitrogen and oxygen atoms in total. The van der Waals surface area contributed by atoms with E-state index in [0.29, 0.717) is 24.3 Å². The molecule has 20 heteroatoms. The van der Waals surface area contributed by atoms with Gasteiger partial charge in [-0.15, -0.1) is 0 Å². The van der Waals surface area contributed by atoms with Crippen molar-refractivity contribution in [2.75, 3.05) is 39.3 Å². The van der Waals surface area contributed by atoms with E-state index in [1.54, 1.807) is 81.1 Å². The van der Waals surface area contributed by atoms with Gasteiger partial charge >= 0.3 is 142 Å². The van der Waals surface area contributed by atoms with Gasteiger partial charge in [-0.2, -0.15) is 0 Å². The Morgan fingerprint density at radius 1 is 0.548 bits per heavy atom. The summed E-state index contributed by atoms with van der Waals surface area (Å²) in [5, 5.41) is 10.5. The van der Waals surface area contributed by atoms with Crippen molar-refractivity contribution in [1.29, 1.82) is 0 Å². The molecule has 2 unspecified atom stereocenters. The summed E-state index contributed by atoms with van der Waals surface area (Å²) < 4.78 is 25.3. The third-order valence-corrected chi connectivity index (χ3v) is 27.6. The molecule has 0 spiro atoms. The molecule has 84 heavy (non-hydrogen) atoms. The first-order valence-electron chi connectivity index (χ1n) is 29.3. The number of hydrogen-bond acceptors (Lipinski definition) is 17. The number of halogens is 1. The van der Waals surface area contributed by atoms with Gasteiger partial charge in [0, 0.05) is 76.4 Å². The molecule has 8 rings (SSSR count). The molecule has 6 aromatic rings. The van der Waals surface area contributed by atoms with Crippen LogP contribution in [0.1, 0.15) is 145 Å². The van der Waals surface area contributed by atoms with Gasteiger partial charge in [-0.25, -0.2) is 19.4 Å². The Kier molecular flexibility index (Phi) is 33.8. The number of unbranched alkanes of at least 4 members (excludes halogenated alkanes) is 3. The summed E-state index contributed by atoms with van der Waals surface area (Å²) in [6.45, 7) is 27.7. The SMILES string of the molecule is CC(C)(C)OC(=O)N1CCNC(c2ccccn2)C1.CC(C)(C)OC(=O)OC(=O)OC(C)(C)C.CCC[CH2][Sn]([CH2]CCC)([CH2]CCC)[c]1ccccn1.Clc1cnccn1.c1ccc(-c2ccccn2)nc1.c1ccc(C2CNCCN2)nc1. The molecule has 0 bridgehead atoms. The summed E-state index contributed by atoms with van der Waals surface area (Å²) in [7, 11) is 0. The van der Waals surface area contributed by atoms with Crippen molar-refractivity contribution in [3.8, 4) is 11.4 Å². The van der Waals surface area contributed by atoms with Gasteiger partial charge in [-0.3, -0.25) is 24.9 Å².